The summed E-state index contributed by atoms with van der Waals surface area (Å²) in [5, 5.41) is 15.5. The standard InChI is InChI=1S/C16H22N6O4S/c1-27(25,26)21-6-4-12(5-7-21)13-8-14(17)22(20-13)15-3-2-11(9-18-15)10-19-16(23)24/h2-3,8-9,12,19H,4-7,10,17H2,1H3,(H,23,24). The molecule has 3 heterocycles. The van der Waals surface area contributed by atoms with Gasteiger partial charge in [0.1, 0.15) is 5.82 Å². The van der Waals surface area contributed by atoms with E-state index in [0.717, 1.165) is 11.3 Å². The lowest BCUT2D eigenvalue weighted by atomic mass is 9.95. The Morgan fingerprint density at radius 2 is 2.07 bits per heavy atom. The number of piperidine rings is 1. The second-order valence-electron chi connectivity index (χ2n) is 6.53. The van der Waals surface area contributed by atoms with Crippen molar-refractivity contribution >= 4 is 21.9 Å². The van der Waals surface area contributed by atoms with E-state index in [0.29, 0.717) is 37.6 Å². The van der Waals surface area contributed by atoms with E-state index in [4.69, 9.17) is 10.8 Å². The summed E-state index contributed by atoms with van der Waals surface area (Å²) in [5.74, 6) is 1.12. The van der Waals surface area contributed by atoms with Crippen molar-refractivity contribution in [1.29, 1.82) is 0 Å². The van der Waals surface area contributed by atoms with Gasteiger partial charge in [0.05, 0.1) is 11.9 Å². The molecule has 1 saturated heterocycles. The predicted molar refractivity (Wildman–Crippen MR) is 99.0 cm³/mol. The van der Waals surface area contributed by atoms with Crippen LogP contribution in [0.5, 0.6) is 0 Å². The van der Waals surface area contributed by atoms with E-state index < -0.39 is 16.1 Å². The first-order valence-corrected chi connectivity index (χ1v) is 10.3. The smallest absolute Gasteiger partial charge is 0.404 e. The van der Waals surface area contributed by atoms with Crippen molar-refractivity contribution in [2.75, 3.05) is 25.1 Å². The van der Waals surface area contributed by atoms with Crippen molar-refractivity contribution in [3.63, 3.8) is 0 Å². The Balaban J connectivity index is 1.71. The summed E-state index contributed by atoms with van der Waals surface area (Å²) >= 11 is 0. The Bertz CT molecular complexity index is 917. The maximum atomic E-state index is 11.6. The van der Waals surface area contributed by atoms with Crippen molar-refractivity contribution in [3.8, 4) is 5.82 Å². The fraction of sp³-hybridized carbons (Fsp3) is 0.438. The van der Waals surface area contributed by atoms with Crippen LogP contribution in [0.4, 0.5) is 10.6 Å². The third-order valence-corrected chi connectivity index (χ3v) is 5.87. The lowest BCUT2D eigenvalue weighted by Gasteiger charge is -2.29. The Morgan fingerprint density at radius 3 is 2.63 bits per heavy atom. The molecule has 11 heteroatoms. The van der Waals surface area contributed by atoms with Crippen molar-refractivity contribution in [2.24, 2.45) is 0 Å². The molecule has 0 saturated carbocycles. The highest BCUT2D eigenvalue weighted by atomic mass is 32.2. The molecule has 0 unspecified atom stereocenters. The summed E-state index contributed by atoms with van der Waals surface area (Å²) in [5.41, 5.74) is 7.62. The van der Waals surface area contributed by atoms with Gasteiger partial charge in [0.25, 0.3) is 0 Å². The Hall–Kier alpha value is -2.66. The van der Waals surface area contributed by atoms with E-state index in [2.05, 4.69) is 15.4 Å². The van der Waals surface area contributed by atoms with Gasteiger partial charge in [-0.15, -0.1) is 0 Å². The molecule has 1 aliphatic heterocycles. The van der Waals surface area contributed by atoms with Crippen LogP contribution in [0.2, 0.25) is 0 Å². The van der Waals surface area contributed by atoms with Crippen LogP contribution in [0.1, 0.15) is 30.0 Å². The van der Waals surface area contributed by atoms with E-state index in [1.54, 1.807) is 24.4 Å². The average molecular weight is 394 g/mol. The number of nitrogens with two attached hydrogens (primary N) is 1. The largest absolute Gasteiger partial charge is 0.465 e. The van der Waals surface area contributed by atoms with Crippen LogP contribution in [-0.2, 0) is 16.6 Å². The summed E-state index contributed by atoms with van der Waals surface area (Å²) in [4.78, 5) is 14.8. The van der Waals surface area contributed by atoms with Crippen LogP contribution in [-0.4, -0.2) is 58.0 Å². The van der Waals surface area contributed by atoms with E-state index in [-0.39, 0.29) is 12.5 Å². The predicted octanol–water partition coefficient (Wildman–Crippen LogP) is 0.756. The normalized spacial score (nSPS) is 16.3. The van der Waals surface area contributed by atoms with Gasteiger partial charge < -0.3 is 16.2 Å². The maximum Gasteiger partial charge on any atom is 0.404 e. The third-order valence-electron chi connectivity index (χ3n) is 4.57. The van der Waals surface area contributed by atoms with E-state index in [1.807, 2.05) is 0 Å². The highest BCUT2D eigenvalue weighted by molar-refractivity contribution is 7.88. The molecule has 1 aliphatic rings. The van der Waals surface area contributed by atoms with E-state index >= 15 is 0 Å². The van der Waals surface area contributed by atoms with Crippen LogP contribution >= 0.6 is 0 Å². The minimum atomic E-state index is -3.16. The van der Waals surface area contributed by atoms with Crippen molar-refractivity contribution in [1.82, 2.24) is 24.4 Å². The molecule has 0 aromatic carbocycles. The summed E-state index contributed by atoms with van der Waals surface area (Å²) in [6.45, 7) is 1.11. The molecule has 2 aromatic heterocycles. The Kier molecular flexibility index (Phi) is 5.33. The molecule has 3 rings (SSSR count). The number of hydrogen-bond donors (Lipinski definition) is 3. The quantitative estimate of drug-likeness (QED) is 0.679. The maximum absolute atomic E-state index is 11.6. The molecule has 146 valence electrons. The molecule has 0 radical (unpaired) electrons. The number of pyridine rings is 1. The summed E-state index contributed by atoms with van der Waals surface area (Å²) in [6.07, 6.45) is 3.08. The molecule has 27 heavy (non-hydrogen) atoms. The SMILES string of the molecule is CS(=O)(=O)N1CCC(c2cc(N)n(-c3ccc(CNC(=O)O)cn3)n2)CC1. The minimum absolute atomic E-state index is 0.144. The van der Waals surface area contributed by atoms with Gasteiger partial charge in [0.15, 0.2) is 5.82 Å². The molecule has 0 spiro atoms. The van der Waals surface area contributed by atoms with Gasteiger partial charge >= 0.3 is 6.09 Å². The van der Waals surface area contributed by atoms with Gasteiger partial charge in [0, 0.05) is 37.8 Å². The molecule has 1 amide bonds. The van der Waals surface area contributed by atoms with Crippen LogP contribution in [0.25, 0.3) is 5.82 Å². The number of anilines is 1. The van der Waals surface area contributed by atoms with Crippen molar-refractivity contribution in [2.45, 2.75) is 25.3 Å². The first-order valence-electron chi connectivity index (χ1n) is 8.46. The summed E-state index contributed by atoms with van der Waals surface area (Å²) in [6, 6.07) is 5.27. The van der Waals surface area contributed by atoms with Crippen LogP contribution in [0.3, 0.4) is 0 Å². The number of nitrogens with one attached hydrogen (secondary N) is 1. The zero-order chi connectivity index (χ0) is 19.6. The minimum Gasteiger partial charge on any atom is -0.465 e. The number of hydrogen-bond acceptors (Lipinski definition) is 6. The highest BCUT2D eigenvalue weighted by Crippen LogP contribution is 2.29. The van der Waals surface area contributed by atoms with Gasteiger partial charge in [-0.25, -0.2) is 22.5 Å². The number of aromatic nitrogens is 3. The van der Waals surface area contributed by atoms with Crippen molar-refractivity contribution < 1.29 is 18.3 Å². The molecular formula is C16H22N6O4S. The van der Waals surface area contributed by atoms with Gasteiger partial charge in [-0.1, -0.05) is 6.07 Å². The first kappa shape index (κ1) is 19.1. The number of nitrogens with zero attached hydrogens (tertiary/aromatic N) is 4. The lowest BCUT2D eigenvalue weighted by molar-refractivity contribution is 0.194. The average Bonchev–Trinajstić information content (AvgIpc) is 3.01. The summed E-state index contributed by atoms with van der Waals surface area (Å²) in [7, 11) is -3.16. The van der Waals surface area contributed by atoms with E-state index in [1.165, 1.54) is 15.2 Å². The molecular weight excluding hydrogens is 372 g/mol. The van der Waals surface area contributed by atoms with Crippen LogP contribution in [0, 0.1) is 0 Å². The van der Waals surface area contributed by atoms with Gasteiger partial charge in [-0.05, 0) is 24.5 Å². The summed E-state index contributed by atoms with van der Waals surface area (Å²) < 4.78 is 26.3. The van der Waals surface area contributed by atoms with Gasteiger partial charge in [0.2, 0.25) is 10.0 Å². The number of carbonyl (C=O) groups is 1. The Labute approximate surface area is 157 Å². The second kappa shape index (κ2) is 7.53. The fourth-order valence-electron chi connectivity index (χ4n) is 3.11. The molecule has 0 bridgehead atoms. The molecule has 2 aromatic rings. The molecule has 10 nitrogen and oxygen atoms in total. The number of carboxylic acid groups (broad SMARTS) is 1. The molecule has 0 atom stereocenters. The number of sulfonamides is 1. The Morgan fingerprint density at radius 1 is 1.37 bits per heavy atom. The zero-order valence-corrected chi connectivity index (χ0v) is 15.7. The first-order chi connectivity index (χ1) is 12.7. The number of rotatable bonds is 5. The lowest BCUT2D eigenvalue weighted by Crippen LogP contribution is -2.37. The van der Waals surface area contributed by atoms with Gasteiger partial charge in [-0.3, -0.25) is 0 Å². The van der Waals surface area contributed by atoms with Crippen molar-refractivity contribution in [3.05, 3.63) is 35.7 Å². The monoisotopic (exact) mass is 394 g/mol. The van der Waals surface area contributed by atoms with Gasteiger partial charge in [-0.2, -0.15) is 9.78 Å². The second-order valence-corrected chi connectivity index (χ2v) is 8.51. The number of amides is 1. The molecule has 1 fully saturated rings. The third kappa shape index (κ3) is 4.55. The fourth-order valence-corrected chi connectivity index (χ4v) is 3.98. The zero-order valence-electron chi connectivity index (χ0n) is 14.9. The molecule has 4 N–H and O–H groups in total. The highest BCUT2D eigenvalue weighted by Gasteiger charge is 2.27. The van der Waals surface area contributed by atoms with Crippen LogP contribution < -0.4 is 11.1 Å². The van der Waals surface area contributed by atoms with E-state index in [9.17, 15) is 13.2 Å². The van der Waals surface area contributed by atoms with Crippen LogP contribution in [0.15, 0.2) is 24.4 Å². The topological polar surface area (TPSA) is 143 Å². The number of nitrogen functional groups attached to an aromatic ring is 1. The molecule has 0 aliphatic carbocycles.